The van der Waals surface area contributed by atoms with Crippen molar-refractivity contribution in [3.05, 3.63) is 41.5 Å². The van der Waals surface area contributed by atoms with Gasteiger partial charge in [-0.3, -0.25) is 14.7 Å². The molecule has 1 aromatic rings. The van der Waals surface area contributed by atoms with Gasteiger partial charge in [0.2, 0.25) is 5.91 Å². The number of aromatic nitrogens is 1. The molecular formula is C18H21N2NaO5. The van der Waals surface area contributed by atoms with E-state index in [1.807, 2.05) is 12.1 Å². The van der Waals surface area contributed by atoms with Crippen LogP contribution in [0.15, 0.2) is 36.0 Å². The van der Waals surface area contributed by atoms with Crippen LogP contribution in [0.3, 0.4) is 0 Å². The summed E-state index contributed by atoms with van der Waals surface area (Å²) in [6, 6.07) is 3.70. The van der Waals surface area contributed by atoms with Crippen LogP contribution >= 0.6 is 0 Å². The Bertz CT molecular complexity index is 729. The Morgan fingerprint density at radius 1 is 1.38 bits per heavy atom. The molecule has 26 heavy (non-hydrogen) atoms. The number of carboxylic acids is 1. The summed E-state index contributed by atoms with van der Waals surface area (Å²) in [7, 11) is 0. The van der Waals surface area contributed by atoms with E-state index in [1.165, 1.54) is 0 Å². The van der Waals surface area contributed by atoms with Crippen molar-refractivity contribution in [2.45, 2.75) is 45.9 Å². The van der Waals surface area contributed by atoms with Crippen molar-refractivity contribution in [3.63, 3.8) is 0 Å². The van der Waals surface area contributed by atoms with Crippen molar-refractivity contribution in [2.24, 2.45) is 11.3 Å². The van der Waals surface area contributed by atoms with E-state index in [0.29, 0.717) is 12.8 Å². The van der Waals surface area contributed by atoms with Crippen LogP contribution in [-0.2, 0) is 20.7 Å². The number of aliphatic carboxylic acids is 1. The number of fused-ring (bicyclic) bond motifs is 1. The van der Waals surface area contributed by atoms with Crippen LogP contribution in [0.1, 0.15) is 32.8 Å². The van der Waals surface area contributed by atoms with Crippen molar-refractivity contribution in [3.8, 4) is 0 Å². The van der Waals surface area contributed by atoms with Crippen LogP contribution < -0.4 is 34.7 Å². The predicted octanol–water partition coefficient (Wildman–Crippen LogP) is -2.80. The van der Waals surface area contributed by atoms with Crippen LogP contribution in [0, 0.1) is 11.3 Å². The van der Waals surface area contributed by atoms with E-state index < -0.39 is 35.5 Å². The number of pyridine rings is 1. The summed E-state index contributed by atoms with van der Waals surface area (Å²) in [5.74, 6) is -2.43. The molecule has 3 heterocycles. The fraction of sp³-hybridized carbons (Fsp3) is 0.500. The Balaban J connectivity index is 0.00000243. The molecule has 1 aromatic heterocycles. The summed E-state index contributed by atoms with van der Waals surface area (Å²) in [6.07, 6.45) is 2.62. The molecule has 0 radical (unpaired) electrons. The number of carbonyl (C=O) groups excluding carboxylic acids is 2. The number of hydrogen-bond donors (Lipinski definition) is 1. The monoisotopic (exact) mass is 368 g/mol. The second-order valence-corrected chi connectivity index (χ2v) is 7.42. The third-order valence-electron chi connectivity index (χ3n) is 4.55. The molecule has 0 aliphatic carbocycles. The number of aryl methyl sites for hydroxylation is 1. The van der Waals surface area contributed by atoms with Gasteiger partial charge in [0, 0.05) is 17.8 Å². The first-order valence-corrected chi connectivity index (χ1v) is 8.24. The number of allylic oxidation sites excluding steroid dienone is 1. The van der Waals surface area contributed by atoms with Crippen LogP contribution in [0.25, 0.3) is 0 Å². The fourth-order valence-corrected chi connectivity index (χ4v) is 3.26. The van der Waals surface area contributed by atoms with E-state index in [2.05, 4.69) is 4.98 Å². The first-order chi connectivity index (χ1) is 11.7. The molecular weight excluding hydrogens is 347 g/mol. The average molecular weight is 368 g/mol. The van der Waals surface area contributed by atoms with E-state index in [-0.39, 0.29) is 41.0 Å². The zero-order chi connectivity index (χ0) is 18.4. The molecule has 0 spiro atoms. The van der Waals surface area contributed by atoms with Crippen LogP contribution in [0.2, 0.25) is 0 Å². The third-order valence-corrected chi connectivity index (χ3v) is 4.55. The largest absolute Gasteiger partial charge is 1.00 e. The van der Waals surface area contributed by atoms with Crippen molar-refractivity contribution < 1.29 is 54.1 Å². The summed E-state index contributed by atoms with van der Waals surface area (Å²) in [4.78, 5) is 28.9. The standard InChI is InChI=1S/C18H22N2O5.Na/c1-18(2,3)14-13(17(23)24)20-15(22)12(16(20)25-14)11(21)5-4-10-6-8-19-9-7-10;/h6-9,11-12,16,21H,4-5H2,1-3H3,(H,23,24);/q;+1/p-1/t11-,12+,16+;/m1./s1. The van der Waals surface area contributed by atoms with E-state index in [9.17, 15) is 19.8 Å². The van der Waals surface area contributed by atoms with Gasteiger partial charge in [0.25, 0.3) is 0 Å². The molecule has 0 unspecified atom stereocenters. The van der Waals surface area contributed by atoms with Crippen LogP contribution in [0.5, 0.6) is 0 Å². The summed E-state index contributed by atoms with van der Waals surface area (Å²) in [6.45, 7) is 5.41. The quantitative estimate of drug-likeness (QED) is 0.445. The van der Waals surface area contributed by atoms with Crippen molar-refractivity contribution in [1.82, 2.24) is 9.88 Å². The first-order valence-electron chi connectivity index (χ1n) is 8.24. The molecule has 0 aromatic carbocycles. The molecule has 3 rings (SSSR count). The molecule has 7 nitrogen and oxygen atoms in total. The number of β-lactam (4-membered cyclic amide) rings is 1. The van der Waals surface area contributed by atoms with Gasteiger partial charge in [-0.15, -0.1) is 0 Å². The summed E-state index contributed by atoms with van der Waals surface area (Å²) in [5, 5.41) is 21.9. The van der Waals surface area contributed by atoms with E-state index in [1.54, 1.807) is 33.2 Å². The molecule has 1 amide bonds. The Hall–Kier alpha value is -1.41. The van der Waals surface area contributed by atoms with Gasteiger partial charge >= 0.3 is 29.6 Å². The van der Waals surface area contributed by atoms with Crippen molar-refractivity contribution in [2.75, 3.05) is 0 Å². The van der Waals surface area contributed by atoms with Gasteiger partial charge in [0.1, 0.15) is 17.4 Å². The molecule has 0 bridgehead atoms. The van der Waals surface area contributed by atoms with Gasteiger partial charge in [-0.05, 0) is 30.5 Å². The Morgan fingerprint density at radius 2 is 2.00 bits per heavy atom. The molecule has 2 aliphatic rings. The first kappa shape index (κ1) is 20.9. The number of amides is 1. The van der Waals surface area contributed by atoms with Gasteiger partial charge in [0.05, 0.1) is 12.1 Å². The third kappa shape index (κ3) is 3.67. The van der Waals surface area contributed by atoms with E-state index in [0.717, 1.165) is 10.5 Å². The smallest absolute Gasteiger partial charge is 0.543 e. The van der Waals surface area contributed by atoms with E-state index >= 15 is 0 Å². The maximum Gasteiger partial charge on any atom is 1.00 e. The van der Waals surface area contributed by atoms with Crippen LogP contribution in [0.4, 0.5) is 0 Å². The molecule has 8 heteroatoms. The van der Waals surface area contributed by atoms with Crippen molar-refractivity contribution >= 4 is 11.9 Å². The average Bonchev–Trinajstić information content (AvgIpc) is 2.89. The molecule has 0 saturated carbocycles. The van der Waals surface area contributed by atoms with Gasteiger partial charge in [-0.1, -0.05) is 20.8 Å². The van der Waals surface area contributed by atoms with Crippen molar-refractivity contribution in [1.29, 1.82) is 0 Å². The minimum Gasteiger partial charge on any atom is -0.543 e. The van der Waals surface area contributed by atoms with Gasteiger partial charge in [-0.2, -0.15) is 0 Å². The number of carbonyl (C=O) groups is 2. The number of ether oxygens (including phenoxy) is 1. The normalized spacial score (nSPS) is 22.9. The predicted molar refractivity (Wildman–Crippen MR) is 85.3 cm³/mol. The number of aliphatic hydroxyl groups is 1. The molecule has 134 valence electrons. The second-order valence-electron chi connectivity index (χ2n) is 7.42. The molecule has 1 N–H and O–H groups in total. The number of nitrogens with zero attached hydrogens (tertiary/aromatic N) is 2. The topological polar surface area (TPSA) is 103 Å². The number of rotatable bonds is 5. The van der Waals surface area contributed by atoms with Gasteiger partial charge in [-0.25, -0.2) is 0 Å². The molecule has 1 fully saturated rings. The second kappa shape index (κ2) is 7.68. The fourth-order valence-electron chi connectivity index (χ4n) is 3.26. The Kier molecular flexibility index (Phi) is 6.17. The zero-order valence-corrected chi connectivity index (χ0v) is 17.4. The van der Waals surface area contributed by atoms with E-state index in [4.69, 9.17) is 4.74 Å². The zero-order valence-electron chi connectivity index (χ0n) is 15.4. The number of carboxylic acid groups (broad SMARTS) is 1. The summed E-state index contributed by atoms with van der Waals surface area (Å²) < 4.78 is 5.75. The maximum absolute atomic E-state index is 12.4. The SMILES string of the molecule is CC(C)(C)C1=C(C(=O)[O-])N2C(=O)[C@H]([C@H](O)CCc3ccncc3)[C@@H]2O1.[Na+]. The molecule has 3 atom stereocenters. The molecule has 2 aliphatic heterocycles. The minimum absolute atomic E-state index is 0. The van der Waals surface area contributed by atoms with Gasteiger partial charge in [0.15, 0.2) is 6.23 Å². The summed E-state index contributed by atoms with van der Waals surface area (Å²) in [5.41, 5.74) is 0.202. The number of hydrogen-bond acceptors (Lipinski definition) is 6. The van der Waals surface area contributed by atoms with Crippen LogP contribution in [-0.4, -0.2) is 39.2 Å². The minimum atomic E-state index is -1.44. The van der Waals surface area contributed by atoms with Gasteiger partial charge < -0.3 is 19.7 Å². The maximum atomic E-state index is 12.4. The molecule has 1 saturated heterocycles. The number of aliphatic hydroxyl groups excluding tert-OH is 1. The Morgan fingerprint density at radius 3 is 2.54 bits per heavy atom. The Labute approximate surface area is 174 Å². The summed E-state index contributed by atoms with van der Waals surface area (Å²) >= 11 is 0.